The number of anilines is 2. The zero-order chi connectivity index (χ0) is 18.7. The molecule has 26 heavy (non-hydrogen) atoms. The predicted molar refractivity (Wildman–Crippen MR) is 103 cm³/mol. The second-order valence-corrected chi connectivity index (χ2v) is 6.36. The number of hydrogen-bond donors (Lipinski definition) is 1. The first-order valence-corrected chi connectivity index (χ1v) is 9.02. The van der Waals surface area contributed by atoms with Crippen molar-refractivity contribution >= 4 is 23.2 Å². The number of ether oxygens (including phenoxy) is 1. The molecule has 1 atom stereocenters. The third-order valence-electron chi connectivity index (χ3n) is 4.64. The van der Waals surface area contributed by atoms with Crippen molar-refractivity contribution < 1.29 is 14.3 Å². The predicted octanol–water partition coefficient (Wildman–Crippen LogP) is 3.56. The number of nitrogens with zero attached hydrogens (tertiary/aromatic N) is 1. The van der Waals surface area contributed by atoms with E-state index in [1.165, 1.54) is 4.90 Å². The highest BCUT2D eigenvalue weighted by Crippen LogP contribution is 2.33. The minimum atomic E-state index is -0.605. The molecule has 0 radical (unpaired) electrons. The highest BCUT2D eigenvalue weighted by Gasteiger charge is 2.32. The maximum atomic E-state index is 12.7. The lowest BCUT2D eigenvalue weighted by Gasteiger charge is -2.32. The summed E-state index contributed by atoms with van der Waals surface area (Å²) in [4.78, 5) is 26.8. The molecule has 2 amide bonds. The summed E-state index contributed by atoms with van der Waals surface area (Å²) in [7, 11) is 0. The van der Waals surface area contributed by atoms with Gasteiger partial charge in [-0.05, 0) is 43.0 Å². The maximum Gasteiger partial charge on any atom is 0.268 e. The Morgan fingerprint density at radius 2 is 1.73 bits per heavy atom. The van der Waals surface area contributed by atoms with E-state index in [1.54, 1.807) is 13.0 Å². The van der Waals surface area contributed by atoms with Gasteiger partial charge in [-0.3, -0.25) is 14.5 Å². The molecular weight excluding hydrogens is 328 g/mol. The lowest BCUT2D eigenvalue weighted by Crippen LogP contribution is -2.47. The first-order valence-electron chi connectivity index (χ1n) is 9.02. The zero-order valence-corrected chi connectivity index (χ0v) is 15.4. The van der Waals surface area contributed by atoms with Gasteiger partial charge >= 0.3 is 0 Å². The summed E-state index contributed by atoms with van der Waals surface area (Å²) in [5.74, 6) is 0.201. The van der Waals surface area contributed by atoms with Gasteiger partial charge < -0.3 is 10.1 Å². The Labute approximate surface area is 154 Å². The van der Waals surface area contributed by atoms with Crippen molar-refractivity contribution in [3.63, 3.8) is 0 Å². The fourth-order valence-corrected chi connectivity index (χ4v) is 3.25. The number of aryl methyl sites for hydroxylation is 2. The fourth-order valence-electron chi connectivity index (χ4n) is 3.25. The summed E-state index contributed by atoms with van der Waals surface area (Å²) in [6, 6.07) is 13.3. The number of benzene rings is 2. The number of fused-ring (bicyclic) bond motifs is 1. The summed E-state index contributed by atoms with van der Waals surface area (Å²) in [5.41, 5.74) is 3.69. The van der Waals surface area contributed by atoms with Gasteiger partial charge in [0.1, 0.15) is 12.3 Å². The Bertz CT molecular complexity index is 810. The number of nitrogens with one attached hydrogen (secondary N) is 1. The Morgan fingerprint density at radius 1 is 1.08 bits per heavy atom. The highest BCUT2D eigenvalue weighted by atomic mass is 16.5. The molecule has 2 aromatic rings. The van der Waals surface area contributed by atoms with Gasteiger partial charge in [0, 0.05) is 5.69 Å². The summed E-state index contributed by atoms with van der Waals surface area (Å²) < 4.78 is 5.62. The second kappa shape index (κ2) is 7.60. The second-order valence-electron chi connectivity index (χ2n) is 6.36. The normalized spacial score (nSPS) is 16.0. The summed E-state index contributed by atoms with van der Waals surface area (Å²) in [6.07, 6.45) is 1.06. The van der Waals surface area contributed by atoms with E-state index in [-0.39, 0.29) is 18.4 Å². The van der Waals surface area contributed by atoms with Crippen molar-refractivity contribution in [1.29, 1.82) is 0 Å². The van der Waals surface area contributed by atoms with Crippen LogP contribution in [0.5, 0.6) is 5.75 Å². The maximum absolute atomic E-state index is 12.7. The minimum absolute atomic E-state index is 0.0370. The standard InChI is InChI=1S/C21H24N2O3/c1-4-15-9-8-10-16(5-2)20(15)22-19(24)13-23-17-11-6-7-12-18(17)26-14(3)21(23)25/h6-12,14H,4-5,13H2,1-3H3,(H,22,24). The van der Waals surface area contributed by atoms with Crippen LogP contribution in [0, 0.1) is 0 Å². The minimum Gasteiger partial charge on any atom is -0.479 e. The summed E-state index contributed by atoms with van der Waals surface area (Å²) >= 11 is 0. The summed E-state index contributed by atoms with van der Waals surface area (Å²) in [5, 5.41) is 3.02. The van der Waals surface area contributed by atoms with Gasteiger partial charge in [0.25, 0.3) is 5.91 Å². The van der Waals surface area contributed by atoms with Gasteiger partial charge in [0.2, 0.25) is 5.91 Å². The Hall–Kier alpha value is -2.82. The first kappa shape index (κ1) is 18.0. The number of para-hydroxylation sites is 3. The van der Waals surface area contributed by atoms with Crippen LogP contribution in [-0.2, 0) is 22.4 Å². The Morgan fingerprint density at radius 3 is 2.38 bits per heavy atom. The van der Waals surface area contributed by atoms with E-state index >= 15 is 0 Å². The first-order chi connectivity index (χ1) is 12.5. The molecule has 0 fully saturated rings. The molecule has 0 aromatic heterocycles. The van der Waals surface area contributed by atoms with Crippen molar-refractivity contribution in [3.05, 3.63) is 53.6 Å². The van der Waals surface area contributed by atoms with E-state index in [0.29, 0.717) is 11.4 Å². The summed E-state index contributed by atoms with van der Waals surface area (Å²) in [6.45, 7) is 5.79. The van der Waals surface area contributed by atoms with Crippen LogP contribution in [0.15, 0.2) is 42.5 Å². The molecule has 1 heterocycles. The zero-order valence-electron chi connectivity index (χ0n) is 15.4. The van der Waals surface area contributed by atoms with Gasteiger partial charge in [-0.15, -0.1) is 0 Å². The molecule has 5 heteroatoms. The highest BCUT2D eigenvalue weighted by molar-refractivity contribution is 6.06. The van der Waals surface area contributed by atoms with Crippen LogP contribution >= 0.6 is 0 Å². The number of amides is 2. The quantitative estimate of drug-likeness (QED) is 0.895. The monoisotopic (exact) mass is 352 g/mol. The molecule has 2 aromatic carbocycles. The van der Waals surface area contributed by atoms with E-state index in [0.717, 1.165) is 29.7 Å². The lowest BCUT2D eigenvalue weighted by atomic mass is 10.0. The molecule has 0 saturated heterocycles. The van der Waals surface area contributed by atoms with E-state index < -0.39 is 6.10 Å². The number of carbonyl (C=O) groups excluding carboxylic acids is 2. The molecule has 1 unspecified atom stereocenters. The SMILES string of the molecule is CCc1cccc(CC)c1NC(=O)CN1C(=O)C(C)Oc2ccccc21. The van der Waals surface area contributed by atoms with E-state index in [9.17, 15) is 9.59 Å². The third kappa shape index (κ3) is 3.43. The fraction of sp³-hybridized carbons (Fsp3) is 0.333. The Balaban J connectivity index is 1.84. The average Bonchev–Trinajstić information content (AvgIpc) is 2.65. The van der Waals surface area contributed by atoms with Gasteiger partial charge in [-0.25, -0.2) is 0 Å². The molecule has 0 aliphatic carbocycles. The molecule has 0 spiro atoms. The van der Waals surface area contributed by atoms with Crippen molar-refractivity contribution in [2.45, 2.75) is 39.7 Å². The third-order valence-corrected chi connectivity index (χ3v) is 4.64. The molecule has 0 bridgehead atoms. The largest absolute Gasteiger partial charge is 0.479 e. The molecule has 5 nitrogen and oxygen atoms in total. The van der Waals surface area contributed by atoms with Crippen LogP contribution in [-0.4, -0.2) is 24.5 Å². The number of hydrogen-bond acceptors (Lipinski definition) is 3. The molecule has 1 aliphatic rings. The molecule has 1 N–H and O–H groups in total. The van der Waals surface area contributed by atoms with Gasteiger partial charge in [0.15, 0.2) is 6.10 Å². The molecule has 1 aliphatic heterocycles. The van der Waals surface area contributed by atoms with Crippen LogP contribution in [0.4, 0.5) is 11.4 Å². The van der Waals surface area contributed by atoms with E-state index in [1.807, 2.05) is 36.4 Å². The molecule has 136 valence electrons. The smallest absolute Gasteiger partial charge is 0.268 e. The number of rotatable bonds is 5. The van der Waals surface area contributed by atoms with Crippen LogP contribution in [0.1, 0.15) is 31.9 Å². The van der Waals surface area contributed by atoms with Crippen LogP contribution < -0.4 is 15.0 Å². The van der Waals surface area contributed by atoms with Gasteiger partial charge in [-0.2, -0.15) is 0 Å². The van der Waals surface area contributed by atoms with Crippen molar-refractivity contribution in [2.24, 2.45) is 0 Å². The van der Waals surface area contributed by atoms with Gasteiger partial charge in [0.05, 0.1) is 5.69 Å². The van der Waals surface area contributed by atoms with Crippen LogP contribution in [0.25, 0.3) is 0 Å². The topological polar surface area (TPSA) is 58.6 Å². The number of carbonyl (C=O) groups is 2. The Kier molecular flexibility index (Phi) is 5.26. The van der Waals surface area contributed by atoms with Crippen LogP contribution in [0.3, 0.4) is 0 Å². The molecular formula is C21H24N2O3. The van der Waals surface area contributed by atoms with Gasteiger partial charge in [-0.1, -0.05) is 44.2 Å². The molecule has 3 rings (SSSR count). The average molecular weight is 352 g/mol. The van der Waals surface area contributed by atoms with E-state index in [2.05, 4.69) is 19.2 Å². The van der Waals surface area contributed by atoms with Crippen molar-refractivity contribution in [1.82, 2.24) is 0 Å². The van der Waals surface area contributed by atoms with E-state index in [4.69, 9.17) is 4.74 Å². The van der Waals surface area contributed by atoms with Crippen molar-refractivity contribution in [3.8, 4) is 5.75 Å². The molecule has 0 saturated carbocycles. The van der Waals surface area contributed by atoms with Crippen LogP contribution in [0.2, 0.25) is 0 Å². The van der Waals surface area contributed by atoms with Crippen molar-refractivity contribution in [2.75, 3.05) is 16.8 Å². The lowest BCUT2D eigenvalue weighted by molar-refractivity contribution is -0.127.